The van der Waals surface area contributed by atoms with Crippen LogP contribution in [0.4, 0.5) is 4.39 Å². The first-order chi connectivity index (χ1) is 9.43. The molecule has 1 amide bonds. The smallest absolute Gasteiger partial charge is 0.271 e. The van der Waals surface area contributed by atoms with Gasteiger partial charge >= 0.3 is 0 Å². The molecule has 1 heterocycles. The molecular formula is C14H18Cl2FN3OS. The highest BCUT2D eigenvalue weighted by atomic mass is 35.5. The van der Waals surface area contributed by atoms with Crippen LogP contribution in [0.2, 0.25) is 0 Å². The molecule has 22 heavy (non-hydrogen) atoms. The number of nitrogens with two attached hydrogens (primary N) is 1. The van der Waals surface area contributed by atoms with E-state index in [2.05, 4.69) is 10.3 Å². The molecule has 1 aromatic heterocycles. The van der Waals surface area contributed by atoms with Crippen LogP contribution in [0.3, 0.4) is 0 Å². The number of carbonyl (C=O) groups excluding carboxylic acids is 1. The lowest BCUT2D eigenvalue weighted by molar-refractivity contribution is 0.0911. The van der Waals surface area contributed by atoms with E-state index in [1.165, 1.54) is 17.4 Å². The molecule has 4 nitrogen and oxygen atoms in total. The van der Waals surface area contributed by atoms with Crippen molar-refractivity contribution in [2.45, 2.75) is 19.4 Å². The predicted octanol–water partition coefficient (Wildman–Crippen LogP) is 3.26. The first-order valence-electron chi connectivity index (χ1n) is 6.16. The maximum Gasteiger partial charge on any atom is 0.271 e. The first kappa shape index (κ1) is 20.8. The zero-order valence-corrected chi connectivity index (χ0v) is 14.6. The van der Waals surface area contributed by atoms with E-state index in [1.54, 1.807) is 23.6 Å². The molecule has 122 valence electrons. The Bertz CT molecular complexity index is 634. The van der Waals surface area contributed by atoms with Crippen molar-refractivity contribution < 1.29 is 9.18 Å². The van der Waals surface area contributed by atoms with E-state index in [-0.39, 0.29) is 42.2 Å². The number of benzene rings is 1. The van der Waals surface area contributed by atoms with Gasteiger partial charge in [0.1, 0.15) is 16.5 Å². The SMILES string of the molecule is CC(C)(CN)NC(=O)c1csc(-c2ccccc2F)n1.Cl.Cl. The van der Waals surface area contributed by atoms with E-state index in [9.17, 15) is 9.18 Å². The van der Waals surface area contributed by atoms with Gasteiger partial charge in [0.05, 0.1) is 0 Å². The van der Waals surface area contributed by atoms with Gasteiger partial charge in [0.25, 0.3) is 5.91 Å². The molecule has 2 rings (SSSR count). The van der Waals surface area contributed by atoms with Crippen LogP contribution in [0.5, 0.6) is 0 Å². The largest absolute Gasteiger partial charge is 0.345 e. The third-order valence-corrected chi connectivity index (χ3v) is 3.68. The number of amides is 1. The Morgan fingerprint density at radius 3 is 2.59 bits per heavy atom. The molecule has 0 radical (unpaired) electrons. The Hall–Kier alpha value is -1.21. The fourth-order valence-corrected chi connectivity index (χ4v) is 2.39. The van der Waals surface area contributed by atoms with E-state index < -0.39 is 5.54 Å². The molecule has 1 aromatic carbocycles. The van der Waals surface area contributed by atoms with Crippen LogP contribution >= 0.6 is 36.2 Å². The molecule has 0 aliphatic rings. The summed E-state index contributed by atoms with van der Waals surface area (Å²) in [6.45, 7) is 3.98. The second-order valence-electron chi connectivity index (χ2n) is 5.06. The van der Waals surface area contributed by atoms with E-state index in [0.29, 0.717) is 17.1 Å². The minimum absolute atomic E-state index is 0. The van der Waals surface area contributed by atoms with Crippen molar-refractivity contribution in [1.29, 1.82) is 0 Å². The zero-order chi connectivity index (χ0) is 14.8. The Balaban J connectivity index is 0.00000220. The van der Waals surface area contributed by atoms with Gasteiger partial charge in [0.2, 0.25) is 0 Å². The van der Waals surface area contributed by atoms with E-state index in [4.69, 9.17) is 5.73 Å². The van der Waals surface area contributed by atoms with Gasteiger partial charge in [0, 0.05) is 23.0 Å². The van der Waals surface area contributed by atoms with Gasteiger partial charge in [-0.1, -0.05) is 12.1 Å². The number of thiazole rings is 1. The number of aromatic nitrogens is 1. The summed E-state index contributed by atoms with van der Waals surface area (Å²) in [6.07, 6.45) is 0. The van der Waals surface area contributed by atoms with Gasteiger partial charge in [0.15, 0.2) is 0 Å². The van der Waals surface area contributed by atoms with Crippen LogP contribution in [0.1, 0.15) is 24.3 Å². The van der Waals surface area contributed by atoms with E-state index >= 15 is 0 Å². The Kier molecular flexibility index (Phi) is 7.97. The van der Waals surface area contributed by atoms with Gasteiger partial charge in [-0.15, -0.1) is 36.2 Å². The minimum Gasteiger partial charge on any atom is -0.345 e. The predicted molar refractivity (Wildman–Crippen MR) is 92.6 cm³/mol. The summed E-state index contributed by atoms with van der Waals surface area (Å²) in [5.41, 5.74) is 5.74. The number of halogens is 3. The molecule has 0 unspecified atom stereocenters. The molecule has 2 aromatic rings. The second-order valence-corrected chi connectivity index (χ2v) is 5.92. The number of carbonyl (C=O) groups is 1. The van der Waals surface area contributed by atoms with E-state index in [1.807, 2.05) is 13.8 Å². The summed E-state index contributed by atoms with van der Waals surface area (Å²) >= 11 is 1.24. The maximum atomic E-state index is 13.7. The maximum absolute atomic E-state index is 13.7. The Morgan fingerprint density at radius 1 is 1.36 bits per heavy atom. The van der Waals surface area contributed by atoms with Gasteiger partial charge in [-0.2, -0.15) is 0 Å². The van der Waals surface area contributed by atoms with Crippen molar-refractivity contribution in [2.75, 3.05) is 6.54 Å². The van der Waals surface area contributed by atoms with Crippen molar-refractivity contribution in [3.63, 3.8) is 0 Å². The zero-order valence-electron chi connectivity index (χ0n) is 12.1. The molecule has 0 saturated heterocycles. The highest BCUT2D eigenvalue weighted by Gasteiger charge is 2.21. The fraction of sp³-hybridized carbons (Fsp3) is 0.286. The van der Waals surface area contributed by atoms with Gasteiger partial charge in [-0.05, 0) is 26.0 Å². The van der Waals surface area contributed by atoms with Crippen LogP contribution < -0.4 is 11.1 Å². The van der Waals surface area contributed by atoms with Crippen LogP contribution in [-0.2, 0) is 0 Å². The summed E-state index contributed by atoms with van der Waals surface area (Å²) in [5, 5.41) is 4.89. The van der Waals surface area contributed by atoms with Crippen molar-refractivity contribution in [3.8, 4) is 10.6 Å². The molecule has 0 bridgehead atoms. The minimum atomic E-state index is -0.501. The number of nitrogens with one attached hydrogen (secondary N) is 1. The number of rotatable bonds is 4. The van der Waals surface area contributed by atoms with Crippen molar-refractivity contribution in [2.24, 2.45) is 5.73 Å². The lowest BCUT2D eigenvalue weighted by Crippen LogP contribution is -2.48. The quantitative estimate of drug-likeness (QED) is 0.873. The van der Waals surface area contributed by atoms with Crippen molar-refractivity contribution in [1.82, 2.24) is 10.3 Å². The van der Waals surface area contributed by atoms with Gasteiger partial charge in [-0.25, -0.2) is 9.37 Å². The first-order valence-corrected chi connectivity index (χ1v) is 7.04. The topological polar surface area (TPSA) is 68.0 Å². The van der Waals surface area contributed by atoms with Gasteiger partial charge in [-0.3, -0.25) is 4.79 Å². The third kappa shape index (κ3) is 4.91. The Labute approximate surface area is 145 Å². The summed E-state index contributed by atoms with van der Waals surface area (Å²) in [7, 11) is 0. The molecule has 0 spiro atoms. The van der Waals surface area contributed by atoms with Crippen LogP contribution in [0.15, 0.2) is 29.6 Å². The molecule has 3 N–H and O–H groups in total. The lowest BCUT2D eigenvalue weighted by atomic mass is 10.1. The number of hydrogen-bond acceptors (Lipinski definition) is 4. The molecule has 8 heteroatoms. The molecule has 0 fully saturated rings. The molecular weight excluding hydrogens is 348 g/mol. The Morgan fingerprint density at radius 2 is 2.00 bits per heavy atom. The second kappa shape index (κ2) is 8.43. The lowest BCUT2D eigenvalue weighted by Gasteiger charge is -2.23. The molecule has 0 aliphatic carbocycles. The molecule has 0 atom stereocenters. The monoisotopic (exact) mass is 365 g/mol. The third-order valence-electron chi connectivity index (χ3n) is 2.80. The summed E-state index contributed by atoms with van der Waals surface area (Å²) in [5.74, 6) is -0.657. The highest BCUT2D eigenvalue weighted by Crippen LogP contribution is 2.26. The van der Waals surface area contributed by atoms with E-state index in [0.717, 1.165) is 0 Å². The fourth-order valence-electron chi connectivity index (χ4n) is 1.56. The average molecular weight is 366 g/mol. The molecule has 0 aliphatic heterocycles. The summed E-state index contributed by atoms with van der Waals surface area (Å²) in [4.78, 5) is 16.2. The van der Waals surface area contributed by atoms with Crippen LogP contribution in [-0.4, -0.2) is 23.0 Å². The number of hydrogen-bond donors (Lipinski definition) is 2. The van der Waals surface area contributed by atoms with Crippen molar-refractivity contribution >= 4 is 42.1 Å². The van der Waals surface area contributed by atoms with Crippen LogP contribution in [0.25, 0.3) is 10.6 Å². The highest BCUT2D eigenvalue weighted by molar-refractivity contribution is 7.13. The summed E-state index contributed by atoms with van der Waals surface area (Å²) < 4.78 is 13.7. The van der Waals surface area contributed by atoms with Crippen LogP contribution in [0, 0.1) is 5.82 Å². The molecule has 0 saturated carbocycles. The standard InChI is InChI=1S/C14H16FN3OS.2ClH/c1-14(2,8-16)18-12(19)11-7-20-13(17-11)9-5-3-4-6-10(9)15;;/h3-7H,8,16H2,1-2H3,(H,18,19);2*1H. The van der Waals surface area contributed by atoms with Gasteiger partial charge < -0.3 is 11.1 Å². The normalized spacial score (nSPS) is 10.4. The average Bonchev–Trinajstić information content (AvgIpc) is 2.88. The summed E-state index contributed by atoms with van der Waals surface area (Å²) in [6, 6.07) is 6.36. The van der Waals surface area contributed by atoms with Crippen molar-refractivity contribution in [3.05, 3.63) is 41.2 Å². The number of nitrogens with zero attached hydrogens (tertiary/aromatic N) is 1.